The highest BCUT2D eigenvalue weighted by Gasteiger charge is 2.18. The summed E-state index contributed by atoms with van der Waals surface area (Å²) in [5.74, 6) is -1.66. The van der Waals surface area contributed by atoms with Gasteiger partial charge >= 0.3 is 5.97 Å². The van der Waals surface area contributed by atoms with Crippen LogP contribution in [-0.4, -0.2) is 34.7 Å². The Morgan fingerprint density at radius 3 is 2.53 bits per heavy atom. The van der Waals surface area contributed by atoms with Crippen LogP contribution in [0.3, 0.4) is 0 Å². The molecule has 0 spiro atoms. The highest BCUT2D eigenvalue weighted by Crippen LogP contribution is 2.07. The van der Waals surface area contributed by atoms with Crippen LogP contribution >= 0.6 is 0 Å². The summed E-state index contributed by atoms with van der Waals surface area (Å²) < 4.78 is 0. The minimum absolute atomic E-state index is 0.108. The summed E-state index contributed by atoms with van der Waals surface area (Å²) in [5.41, 5.74) is 1.81. The zero-order valence-corrected chi connectivity index (χ0v) is 9.51. The predicted octanol–water partition coefficient (Wildman–Crippen LogP) is 0.0992. The number of aliphatic hydroxyl groups is 1. The van der Waals surface area contributed by atoms with E-state index in [9.17, 15) is 9.59 Å². The number of carboxylic acid groups (broad SMARTS) is 1. The Morgan fingerprint density at radius 1 is 1.35 bits per heavy atom. The van der Waals surface area contributed by atoms with Crippen molar-refractivity contribution in [2.75, 3.05) is 6.61 Å². The fourth-order valence-electron chi connectivity index (χ4n) is 1.41. The van der Waals surface area contributed by atoms with Crippen molar-refractivity contribution in [2.45, 2.75) is 19.4 Å². The van der Waals surface area contributed by atoms with Gasteiger partial charge in [0.2, 0.25) is 5.91 Å². The lowest BCUT2D eigenvalue weighted by Gasteiger charge is -2.12. The van der Waals surface area contributed by atoms with Gasteiger partial charge in [-0.05, 0) is 18.1 Å². The number of amides is 1. The Balaban J connectivity index is 2.61. The number of aliphatic hydroxyl groups excluding tert-OH is 1. The highest BCUT2D eigenvalue weighted by atomic mass is 16.4. The third-order valence-corrected chi connectivity index (χ3v) is 2.43. The molecule has 5 nitrogen and oxygen atoms in total. The number of carboxylic acids is 1. The van der Waals surface area contributed by atoms with Crippen LogP contribution in [0.15, 0.2) is 24.3 Å². The molecular formula is C12H15NO4. The van der Waals surface area contributed by atoms with Crippen molar-refractivity contribution in [3.8, 4) is 0 Å². The molecule has 0 aromatic heterocycles. The average Bonchev–Trinajstić information content (AvgIpc) is 2.28. The average molecular weight is 237 g/mol. The van der Waals surface area contributed by atoms with Crippen molar-refractivity contribution in [1.29, 1.82) is 0 Å². The molecule has 1 amide bonds. The van der Waals surface area contributed by atoms with Crippen molar-refractivity contribution in [2.24, 2.45) is 0 Å². The van der Waals surface area contributed by atoms with E-state index in [4.69, 9.17) is 10.2 Å². The van der Waals surface area contributed by atoms with E-state index in [-0.39, 0.29) is 6.42 Å². The van der Waals surface area contributed by atoms with Crippen LogP contribution in [0.25, 0.3) is 0 Å². The van der Waals surface area contributed by atoms with Gasteiger partial charge in [-0.3, -0.25) is 4.79 Å². The predicted molar refractivity (Wildman–Crippen MR) is 61.5 cm³/mol. The van der Waals surface area contributed by atoms with E-state index in [0.717, 1.165) is 11.1 Å². The molecule has 92 valence electrons. The largest absolute Gasteiger partial charge is 0.480 e. The maximum Gasteiger partial charge on any atom is 0.328 e. The molecule has 0 heterocycles. The second-order valence-corrected chi connectivity index (χ2v) is 3.74. The fraction of sp³-hybridized carbons (Fsp3) is 0.333. The van der Waals surface area contributed by atoms with Gasteiger partial charge in [0, 0.05) is 0 Å². The molecule has 0 fully saturated rings. The molecule has 0 saturated carbocycles. The summed E-state index contributed by atoms with van der Waals surface area (Å²) in [6.07, 6.45) is 0.108. The number of carbonyl (C=O) groups is 2. The first-order valence-electron chi connectivity index (χ1n) is 5.22. The van der Waals surface area contributed by atoms with E-state index >= 15 is 0 Å². The van der Waals surface area contributed by atoms with Gasteiger partial charge in [-0.2, -0.15) is 0 Å². The number of benzene rings is 1. The van der Waals surface area contributed by atoms with Crippen LogP contribution in [0, 0.1) is 6.92 Å². The third-order valence-electron chi connectivity index (χ3n) is 2.43. The number of aryl methyl sites for hydroxylation is 1. The van der Waals surface area contributed by atoms with Crippen LogP contribution in [0.2, 0.25) is 0 Å². The molecule has 0 aliphatic heterocycles. The smallest absolute Gasteiger partial charge is 0.328 e. The molecule has 0 aliphatic carbocycles. The number of carbonyl (C=O) groups excluding carboxylic acids is 1. The van der Waals surface area contributed by atoms with Gasteiger partial charge in [0.25, 0.3) is 0 Å². The molecule has 1 atom stereocenters. The molecule has 0 saturated heterocycles. The first-order valence-corrected chi connectivity index (χ1v) is 5.22. The van der Waals surface area contributed by atoms with Crippen LogP contribution in [0.1, 0.15) is 11.1 Å². The molecule has 0 radical (unpaired) electrons. The van der Waals surface area contributed by atoms with Gasteiger partial charge in [0.05, 0.1) is 13.0 Å². The SMILES string of the molecule is Cc1ccccc1CC(=O)N[C@H](CO)C(=O)O. The molecule has 17 heavy (non-hydrogen) atoms. The van der Waals surface area contributed by atoms with E-state index < -0.39 is 24.5 Å². The second-order valence-electron chi connectivity index (χ2n) is 3.74. The summed E-state index contributed by atoms with van der Waals surface area (Å²) >= 11 is 0. The Labute approximate surface area is 99.1 Å². The van der Waals surface area contributed by atoms with Gasteiger partial charge < -0.3 is 15.5 Å². The lowest BCUT2D eigenvalue weighted by molar-refractivity contribution is -0.142. The first kappa shape index (κ1) is 13.2. The molecular weight excluding hydrogens is 222 g/mol. The molecule has 1 aromatic carbocycles. The van der Waals surface area contributed by atoms with Crippen molar-refractivity contribution in [3.63, 3.8) is 0 Å². The van der Waals surface area contributed by atoms with E-state index in [1.807, 2.05) is 31.2 Å². The summed E-state index contributed by atoms with van der Waals surface area (Å²) in [4.78, 5) is 22.2. The minimum atomic E-state index is -1.24. The second kappa shape index (κ2) is 6.00. The molecule has 1 rings (SSSR count). The maximum atomic E-state index is 11.6. The van der Waals surface area contributed by atoms with Gasteiger partial charge in [0.1, 0.15) is 6.04 Å². The summed E-state index contributed by atoms with van der Waals surface area (Å²) in [5, 5.41) is 19.7. The number of rotatable bonds is 5. The minimum Gasteiger partial charge on any atom is -0.480 e. The van der Waals surface area contributed by atoms with Crippen molar-refractivity contribution < 1.29 is 19.8 Å². The maximum absolute atomic E-state index is 11.6. The van der Waals surface area contributed by atoms with E-state index in [0.29, 0.717) is 0 Å². The van der Waals surface area contributed by atoms with Crippen LogP contribution in [-0.2, 0) is 16.0 Å². The van der Waals surface area contributed by atoms with E-state index in [1.54, 1.807) is 0 Å². The molecule has 0 bridgehead atoms. The van der Waals surface area contributed by atoms with E-state index in [2.05, 4.69) is 5.32 Å². The Kier molecular flexibility index (Phi) is 4.66. The van der Waals surface area contributed by atoms with Crippen molar-refractivity contribution in [3.05, 3.63) is 35.4 Å². The Morgan fingerprint density at radius 2 is 2.00 bits per heavy atom. The number of nitrogens with one attached hydrogen (secondary N) is 1. The standard InChI is InChI=1S/C12H15NO4/c1-8-4-2-3-5-9(8)6-11(15)13-10(7-14)12(16)17/h2-5,10,14H,6-7H2,1H3,(H,13,15)(H,16,17)/t10-/m1/s1. The van der Waals surface area contributed by atoms with Gasteiger partial charge in [-0.1, -0.05) is 24.3 Å². The Bertz CT molecular complexity index is 417. The zero-order valence-electron chi connectivity index (χ0n) is 9.51. The Hall–Kier alpha value is -1.88. The lowest BCUT2D eigenvalue weighted by atomic mass is 10.1. The molecule has 0 aliphatic rings. The highest BCUT2D eigenvalue weighted by molar-refractivity contribution is 5.85. The van der Waals surface area contributed by atoms with Gasteiger partial charge in [-0.25, -0.2) is 4.79 Å². The lowest BCUT2D eigenvalue weighted by Crippen LogP contribution is -2.44. The van der Waals surface area contributed by atoms with Crippen LogP contribution < -0.4 is 5.32 Å². The molecule has 1 aromatic rings. The van der Waals surface area contributed by atoms with Crippen LogP contribution in [0.4, 0.5) is 0 Å². The summed E-state index contributed by atoms with van der Waals surface area (Å²) in [6, 6.07) is 6.12. The van der Waals surface area contributed by atoms with Gasteiger partial charge in [0.15, 0.2) is 0 Å². The van der Waals surface area contributed by atoms with E-state index in [1.165, 1.54) is 0 Å². The summed E-state index contributed by atoms with van der Waals surface area (Å²) in [6.45, 7) is 1.26. The quantitative estimate of drug-likeness (QED) is 0.678. The van der Waals surface area contributed by atoms with Crippen LogP contribution in [0.5, 0.6) is 0 Å². The normalized spacial score (nSPS) is 11.9. The first-order chi connectivity index (χ1) is 8.04. The number of hydrogen-bond acceptors (Lipinski definition) is 3. The number of hydrogen-bond donors (Lipinski definition) is 3. The fourth-order valence-corrected chi connectivity index (χ4v) is 1.41. The topological polar surface area (TPSA) is 86.6 Å². The summed E-state index contributed by atoms with van der Waals surface area (Å²) in [7, 11) is 0. The van der Waals surface area contributed by atoms with Crippen molar-refractivity contribution >= 4 is 11.9 Å². The van der Waals surface area contributed by atoms with Crippen molar-refractivity contribution in [1.82, 2.24) is 5.32 Å². The third kappa shape index (κ3) is 3.88. The molecule has 0 unspecified atom stereocenters. The zero-order chi connectivity index (χ0) is 12.8. The molecule has 5 heteroatoms. The monoisotopic (exact) mass is 237 g/mol. The molecule has 3 N–H and O–H groups in total. The number of aliphatic carboxylic acids is 1. The van der Waals surface area contributed by atoms with Gasteiger partial charge in [-0.15, -0.1) is 0 Å².